The van der Waals surface area contributed by atoms with Gasteiger partial charge in [-0.2, -0.15) is 0 Å². The van der Waals surface area contributed by atoms with Crippen LogP contribution in [0.5, 0.6) is 0 Å². The first kappa shape index (κ1) is 16.2. The van der Waals surface area contributed by atoms with Crippen molar-refractivity contribution in [2.75, 3.05) is 19.8 Å². The quantitative estimate of drug-likeness (QED) is 0.508. The molecule has 0 aromatic heterocycles. The van der Waals surface area contributed by atoms with Crippen LogP contribution in [0.25, 0.3) is 0 Å². The molecule has 1 aromatic carbocycles. The Kier molecular flexibility index (Phi) is 5.56. The van der Waals surface area contributed by atoms with E-state index in [-0.39, 0.29) is 5.54 Å². The largest absolute Gasteiger partial charge is 0.381 e. The third kappa shape index (κ3) is 4.66. The number of nitrogens with one attached hydrogen (secondary N) is 1. The van der Waals surface area contributed by atoms with E-state index in [0.29, 0.717) is 11.0 Å². The van der Waals surface area contributed by atoms with Gasteiger partial charge in [-0.05, 0) is 50.4 Å². The van der Waals surface area contributed by atoms with Crippen LogP contribution in [-0.2, 0) is 10.3 Å². The first-order valence-electron chi connectivity index (χ1n) is 7.46. The van der Waals surface area contributed by atoms with Crippen LogP contribution < -0.4 is 11.2 Å². The highest BCUT2D eigenvalue weighted by atomic mass is 32.1. The highest BCUT2D eigenvalue weighted by molar-refractivity contribution is 7.80. The molecule has 5 heteroatoms. The van der Waals surface area contributed by atoms with Gasteiger partial charge in [0, 0.05) is 19.8 Å². The van der Waals surface area contributed by atoms with Gasteiger partial charge in [0.25, 0.3) is 0 Å². The number of thiocarbonyl (C=S) groups is 1. The maximum absolute atomic E-state index is 6.12. The standard InChI is InChI=1S/C16H25N3OS/c1-16(2,14-6-4-3-5-7-14)18-15(21)19(17)12-13-8-10-20-11-9-13/h3-7,13H,8-12,17H2,1-2H3,(H,18,21). The molecule has 3 N–H and O–H groups in total. The number of ether oxygens (including phenoxy) is 1. The molecule has 116 valence electrons. The van der Waals surface area contributed by atoms with Crippen molar-refractivity contribution in [3.63, 3.8) is 0 Å². The summed E-state index contributed by atoms with van der Waals surface area (Å²) in [5, 5.41) is 5.62. The van der Waals surface area contributed by atoms with Crippen LogP contribution in [0.1, 0.15) is 32.3 Å². The maximum atomic E-state index is 6.12. The molecular formula is C16H25N3OS. The summed E-state index contributed by atoms with van der Waals surface area (Å²) in [7, 11) is 0. The number of nitrogens with zero attached hydrogens (tertiary/aromatic N) is 1. The van der Waals surface area contributed by atoms with Crippen LogP contribution in [-0.4, -0.2) is 29.9 Å². The summed E-state index contributed by atoms with van der Waals surface area (Å²) in [6.07, 6.45) is 2.11. The molecule has 0 radical (unpaired) electrons. The fourth-order valence-electron chi connectivity index (χ4n) is 2.56. The first-order chi connectivity index (χ1) is 9.99. The molecule has 0 bridgehead atoms. The second-order valence-electron chi connectivity index (χ2n) is 6.13. The minimum Gasteiger partial charge on any atom is -0.381 e. The summed E-state index contributed by atoms with van der Waals surface area (Å²) in [4.78, 5) is 0. The van der Waals surface area contributed by atoms with Gasteiger partial charge in [0.05, 0.1) is 5.54 Å². The monoisotopic (exact) mass is 307 g/mol. The Hall–Kier alpha value is -1.17. The molecule has 21 heavy (non-hydrogen) atoms. The van der Waals surface area contributed by atoms with Crippen molar-refractivity contribution in [2.45, 2.75) is 32.2 Å². The lowest BCUT2D eigenvalue weighted by Gasteiger charge is -2.33. The van der Waals surface area contributed by atoms with E-state index in [2.05, 4.69) is 31.3 Å². The van der Waals surface area contributed by atoms with Gasteiger partial charge >= 0.3 is 0 Å². The van der Waals surface area contributed by atoms with E-state index >= 15 is 0 Å². The molecule has 1 heterocycles. The molecule has 0 spiro atoms. The molecule has 0 amide bonds. The van der Waals surface area contributed by atoms with Crippen molar-refractivity contribution in [1.29, 1.82) is 0 Å². The van der Waals surface area contributed by atoms with Crippen molar-refractivity contribution in [1.82, 2.24) is 10.3 Å². The Balaban J connectivity index is 1.90. The number of benzene rings is 1. The number of rotatable bonds is 4. The van der Waals surface area contributed by atoms with Gasteiger partial charge in [-0.3, -0.25) is 5.01 Å². The van der Waals surface area contributed by atoms with Gasteiger partial charge in [0.1, 0.15) is 0 Å². The maximum Gasteiger partial charge on any atom is 0.183 e. The lowest BCUT2D eigenvalue weighted by atomic mass is 9.94. The van der Waals surface area contributed by atoms with Crippen LogP contribution >= 0.6 is 12.2 Å². The zero-order chi connectivity index (χ0) is 15.3. The van der Waals surface area contributed by atoms with Crippen LogP contribution in [0.2, 0.25) is 0 Å². The number of hydrogen-bond acceptors (Lipinski definition) is 3. The topological polar surface area (TPSA) is 50.5 Å². The van der Waals surface area contributed by atoms with Gasteiger partial charge < -0.3 is 10.1 Å². The summed E-state index contributed by atoms with van der Waals surface area (Å²) in [6.45, 7) is 6.65. The van der Waals surface area contributed by atoms with Crippen LogP contribution in [0, 0.1) is 5.92 Å². The van der Waals surface area contributed by atoms with Crippen molar-refractivity contribution in [3.05, 3.63) is 35.9 Å². The van der Waals surface area contributed by atoms with Crippen LogP contribution in [0.3, 0.4) is 0 Å². The number of hydrogen-bond donors (Lipinski definition) is 2. The van der Waals surface area contributed by atoms with Gasteiger partial charge in [-0.25, -0.2) is 5.84 Å². The first-order valence-corrected chi connectivity index (χ1v) is 7.87. The Morgan fingerprint density at radius 2 is 1.95 bits per heavy atom. The number of nitrogens with two attached hydrogens (primary N) is 1. The lowest BCUT2D eigenvalue weighted by molar-refractivity contribution is 0.0594. The van der Waals surface area contributed by atoms with Crippen molar-refractivity contribution in [2.24, 2.45) is 11.8 Å². The average molecular weight is 307 g/mol. The van der Waals surface area contributed by atoms with Gasteiger partial charge in [-0.1, -0.05) is 30.3 Å². The summed E-state index contributed by atoms with van der Waals surface area (Å²) in [5.74, 6) is 6.68. The average Bonchev–Trinajstić information content (AvgIpc) is 2.48. The molecule has 1 saturated heterocycles. The van der Waals surface area contributed by atoms with E-state index in [1.54, 1.807) is 5.01 Å². The van der Waals surface area contributed by atoms with E-state index in [0.717, 1.165) is 32.6 Å². The minimum absolute atomic E-state index is 0.244. The SMILES string of the molecule is CC(C)(NC(=S)N(N)CC1CCOCC1)c1ccccc1. The Bertz CT molecular complexity index is 458. The van der Waals surface area contributed by atoms with E-state index in [9.17, 15) is 0 Å². The zero-order valence-corrected chi connectivity index (χ0v) is 13.7. The Labute approximate surface area is 132 Å². The third-order valence-corrected chi connectivity index (χ3v) is 4.31. The molecular weight excluding hydrogens is 282 g/mol. The molecule has 0 aliphatic carbocycles. The van der Waals surface area contributed by atoms with Crippen molar-refractivity contribution in [3.8, 4) is 0 Å². The number of hydrazine groups is 1. The smallest absolute Gasteiger partial charge is 0.183 e. The lowest BCUT2D eigenvalue weighted by Crippen LogP contribution is -2.52. The molecule has 0 unspecified atom stereocenters. The summed E-state index contributed by atoms with van der Waals surface area (Å²) < 4.78 is 5.37. The molecule has 1 aromatic rings. The van der Waals surface area contributed by atoms with E-state index in [1.807, 2.05) is 18.2 Å². The fraction of sp³-hybridized carbons (Fsp3) is 0.562. The Morgan fingerprint density at radius 3 is 2.57 bits per heavy atom. The molecule has 1 aliphatic rings. The van der Waals surface area contributed by atoms with Gasteiger partial charge in [0.15, 0.2) is 5.11 Å². The van der Waals surface area contributed by atoms with Crippen LogP contribution in [0.4, 0.5) is 0 Å². The van der Waals surface area contributed by atoms with Crippen molar-refractivity contribution < 1.29 is 4.74 Å². The predicted molar refractivity (Wildman–Crippen MR) is 89.6 cm³/mol. The second-order valence-corrected chi connectivity index (χ2v) is 6.52. The van der Waals surface area contributed by atoms with Gasteiger partial charge in [0.2, 0.25) is 0 Å². The van der Waals surface area contributed by atoms with Gasteiger partial charge in [-0.15, -0.1) is 0 Å². The minimum atomic E-state index is -0.244. The van der Waals surface area contributed by atoms with E-state index in [1.165, 1.54) is 5.56 Å². The van der Waals surface area contributed by atoms with Crippen molar-refractivity contribution >= 4 is 17.3 Å². The molecule has 2 rings (SSSR count). The predicted octanol–water partition coefficient (Wildman–Crippen LogP) is 2.40. The van der Waals surface area contributed by atoms with E-state index < -0.39 is 0 Å². The second kappa shape index (κ2) is 7.20. The molecule has 4 nitrogen and oxygen atoms in total. The molecule has 0 atom stereocenters. The highest BCUT2D eigenvalue weighted by Crippen LogP contribution is 2.20. The highest BCUT2D eigenvalue weighted by Gasteiger charge is 2.24. The Morgan fingerprint density at radius 1 is 1.33 bits per heavy atom. The summed E-state index contributed by atoms with van der Waals surface area (Å²) in [6, 6.07) is 10.3. The molecule has 0 saturated carbocycles. The molecule has 1 fully saturated rings. The normalized spacial score (nSPS) is 16.5. The summed E-state index contributed by atoms with van der Waals surface area (Å²) >= 11 is 5.45. The summed E-state index contributed by atoms with van der Waals surface area (Å²) in [5.41, 5.74) is 0.942. The molecule has 1 aliphatic heterocycles. The van der Waals surface area contributed by atoms with Crippen LogP contribution in [0.15, 0.2) is 30.3 Å². The van der Waals surface area contributed by atoms with E-state index in [4.69, 9.17) is 22.8 Å². The third-order valence-electron chi connectivity index (χ3n) is 3.97. The zero-order valence-electron chi connectivity index (χ0n) is 12.8. The fourth-order valence-corrected chi connectivity index (χ4v) is 2.89.